The van der Waals surface area contributed by atoms with Gasteiger partial charge in [0.25, 0.3) is 5.76 Å². The lowest BCUT2D eigenvalue weighted by atomic mass is 10.3. The minimum Gasteiger partial charge on any atom is -0.324 e. The minimum atomic E-state index is -2.52. The number of likely N-dealkylation sites (N-methyl/N-ethyl adjacent to an activating group) is 1. The summed E-state index contributed by atoms with van der Waals surface area (Å²) in [5, 5.41) is 5.62. The lowest BCUT2D eigenvalue weighted by Gasteiger charge is -2.16. The summed E-state index contributed by atoms with van der Waals surface area (Å²) in [4.78, 5) is 18.6. The maximum Gasteiger partial charge on any atom is 0.288 e. The zero-order valence-corrected chi connectivity index (χ0v) is 14.4. The molecule has 0 radical (unpaired) electrons. The second-order valence-electron chi connectivity index (χ2n) is 4.95. The summed E-state index contributed by atoms with van der Waals surface area (Å²) < 4.78 is 25.1. The molecule has 124 valence electrons. The van der Waals surface area contributed by atoms with Crippen molar-refractivity contribution in [2.75, 3.05) is 18.9 Å². The van der Waals surface area contributed by atoms with Gasteiger partial charge in [-0.3, -0.25) is 9.69 Å². The molecule has 1 aromatic carbocycles. The number of rotatable bonds is 7. The standard InChI is InChI=1S/C15H17F2N3OS2/c1-10-18-11(9-22-10)7-20(2)8-14(21)19-12-5-3-4-6-13(12)23-15(16)17/h3-6,9,15H,7-8H2,1-2H3,(H,19,21). The molecular formula is C15H17F2N3OS2. The molecule has 0 atom stereocenters. The molecule has 23 heavy (non-hydrogen) atoms. The van der Waals surface area contributed by atoms with Gasteiger partial charge in [0.05, 0.1) is 22.9 Å². The van der Waals surface area contributed by atoms with E-state index in [1.54, 1.807) is 35.6 Å². The smallest absolute Gasteiger partial charge is 0.288 e. The van der Waals surface area contributed by atoms with Crippen LogP contribution < -0.4 is 5.32 Å². The Kier molecular flexibility index (Phi) is 6.49. The first-order valence-corrected chi connectivity index (χ1v) is 8.63. The number of hydrogen-bond acceptors (Lipinski definition) is 5. The van der Waals surface area contributed by atoms with Crippen LogP contribution in [0.5, 0.6) is 0 Å². The normalized spacial score (nSPS) is 11.2. The van der Waals surface area contributed by atoms with Gasteiger partial charge in [-0.15, -0.1) is 11.3 Å². The highest BCUT2D eigenvalue weighted by molar-refractivity contribution is 7.99. The van der Waals surface area contributed by atoms with Crippen LogP contribution in [0.4, 0.5) is 14.5 Å². The number of aryl methyl sites for hydroxylation is 1. The second kappa shape index (κ2) is 8.37. The molecule has 0 aliphatic carbocycles. The molecule has 8 heteroatoms. The van der Waals surface area contributed by atoms with E-state index >= 15 is 0 Å². The van der Waals surface area contributed by atoms with E-state index in [-0.39, 0.29) is 12.5 Å². The number of amides is 1. The molecule has 0 saturated carbocycles. The van der Waals surface area contributed by atoms with Crippen LogP contribution in [0.2, 0.25) is 0 Å². The summed E-state index contributed by atoms with van der Waals surface area (Å²) >= 11 is 1.98. The number of aromatic nitrogens is 1. The Morgan fingerprint density at radius 3 is 2.83 bits per heavy atom. The van der Waals surface area contributed by atoms with Crippen LogP contribution in [-0.4, -0.2) is 35.1 Å². The molecule has 2 rings (SSSR count). The van der Waals surface area contributed by atoms with Gasteiger partial charge in [0.2, 0.25) is 5.91 Å². The van der Waals surface area contributed by atoms with E-state index in [0.717, 1.165) is 10.7 Å². The number of thioether (sulfide) groups is 1. The Hall–Kier alpha value is -1.51. The molecule has 4 nitrogen and oxygen atoms in total. The van der Waals surface area contributed by atoms with E-state index in [1.165, 1.54) is 0 Å². The van der Waals surface area contributed by atoms with Crippen LogP contribution in [0.15, 0.2) is 34.5 Å². The zero-order valence-electron chi connectivity index (χ0n) is 12.8. The lowest BCUT2D eigenvalue weighted by molar-refractivity contribution is -0.117. The number of para-hydroxylation sites is 1. The fourth-order valence-electron chi connectivity index (χ4n) is 2.02. The van der Waals surface area contributed by atoms with Crippen molar-refractivity contribution in [2.24, 2.45) is 0 Å². The highest BCUT2D eigenvalue weighted by Gasteiger charge is 2.13. The van der Waals surface area contributed by atoms with Crippen LogP contribution in [0.3, 0.4) is 0 Å². The van der Waals surface area contributed by atoms with Crippen LogP contribution in [-0.2, 0) is 11.3 Å². The number of carbonyl (C=O) groups excluding carboxylic acids is 1. The summed E-state index contributed by atoms with van der Waals surface area (Å²) in [5.41, 5.74) is 1.32. The summed E-state index contributed by atoms with van der Waals surface area (Å²) in [7, 11) is 1.81. The van der Waals surface area contributed by atoms with Gasteiger partial charge in [0.15, 0.2) is 0 Å². The van der Waals surface area contributed by atoms with E-state index in [9.17, 15) is 13.6 Å². The molecule has 2 aromatic rings. The third-order valence-electron chi connectivity index (χ3n) is 2.89. The van der Waals surface area contributed by atoms with Gasteiger partial charge < -0.3 is 5.32 Å². The van der Waals surface area contributed by atoms with Crippen molar-refractivity contribution in [3.63, 3.8) is 0 Å². The first-order chi connectivity index (χ1) is 10.9. The number of thiazole rings is 1. The topological polar surface area (TPSA) is 45.2 Å². The number of hydrogen-bond donors (Lipinski definition) is 1. The number of benzene rings is 1. The first-order valence-electron chi connectivity index (χ1n) is 6.87. The van der Waals surface area contributed by atoms with Crippen molar-refractivity contribution >= 4 is 34.7 Å². The summed E-state index contributed by atoms with van der Waals surface area (Å²) in [6, 6.07) is 6.55. The van der Waals surface area contributed by atoms with Gasteiger partial charge in [-0.2, -0.15) is 8.78 Å². The van der Waals surface area contributed by atoms with Crippen LogP contribution >= 0.6 is 23.1 Å². The lowest BCUT2D eigenvalue weighted by Crippen LogP contribution is -2.30. The largest absolute Gasteiger partial charge is 0.324 e. The van der Waals surface area contributed by atoms with E-state index in [4.69, 9.17) is 0 Å². The summed E-state index contributed by atoms with van der Waals surface area (Å²) in [6.07, 6.45) is 0. The Balaban J connectivity index is 1.91. The molecule has 1 N–H and O–H groups in total. The molecule has 0 saturated heterocycles. The van der Waals surface area contributed by atoms with Gasteiger partial charge >= 0.3 is 0 Å². The highest BCUT2D eigenvalue weighted by atomic mass is 32.2. The van der Waals surface area contributed by atoms with Gasteiger partial charge in [-0.05, 0) is 26.1 Å². The van der Waals surface area contributed by atoms with Gasteiger partial charge in [0, 0.05) is 16.8 Å². The summed E-state index contributed by atoms with van der Waals surface area (Å²) in [6.45, 7) is 2.65. The number of carbonyl (C=O) groups is 1. The second-order valence-corrected chi connectivity index (χ2v) is 7.05. The molecular weight excluding hydrogens is 340 g/mol. The third-order valence-corrected chi connectivity index (χ3v) is 4.50. The molecule has 0 unspecified atom stereocenters. The van der Waals surface area contributed by atoms with E-state index in [0.29, 0.717) is 28.9 Å². The molecule has 0 fully saturated rings. The van der Waals surface area contributed by atoms with Crippen LogP contribution in [0.25, 0.3) is 0 Å². The van der Waals surface area contributed by atoms with E-state index in [1.807, 2.05) is 24.3 Å². The highest BCUT2D eigenvalue weighted by Crippen LogP contribution is 2.31. The maximum absolute atomic E-state index is 12.5. The van der Waals surface area contributed by atoms with Gasteiger partial charge in [0.1, 0.15) is 0 Å². The fourth-order valence-corrected chi connectivity index (χ4v) is 3.22. The van der Waals surface area contributed by atoms with E-state index < -0.39 is 5.76 Å². The molecule has 1 heterocycles. The van der Waals surface area contributed by atoms with Crippen molar-refractivity contribution in [1.82, 2.24) is 9.88 Å². The minimum absolute atomic E-state index is 0.157. The van der Waals surface area contributed by atoms with Crippen molar-refractivity contribution in [3.05, 3.63) is 40.3 Å². The molecule has 1 amide bonds. The quantitative estimate of drug-likeness (QED) is 0.765. The monoisotopic (exact) mass is 357 g/mol. The Morgan fingerprint density at radius 1 is 1.43 bits per heavy atom. The molecule has 1 aromatic heterocycles. The predicted octanol–water partition coefficient (Wildman–Crippen LogP) is 3.84. The van der Waals surface area contributed by atoms with Crippen molar-refractivity contribution in [3.8, 4) is 0 Å². The average molecular weight is 357 g/mol. The average Bonchev–Trinajstić information content (AvgIpc) is 2.85. The van der Waals surface area contributed by atoms with Crippen molar-refractivity contribution < 1.29 is 13.6 Å². The molecule has 0 aliphatic heterocycles. The van der Waals surface area contributed by atoms with Gasteiger partial charge in [-0.1, -0.05) is 23.9 Å². The zero-order chi connectivity index (χ0) is 16.8. The predicted molar refractivity (Wildman–Crippen MR) is 90.1 cm³/mol. The third kappa shape index (κ3) is 5.89. The van der Waals surface area contributed by atoms with Crippen LogP contribution in [0, 0.1) is 6.92 Å². The SMILES string of the molecule is Cc1nc(CN(C)CC(=O)Nc2ccccc2SC(F)F)cs1. The Labute approximate surface area is 141 Å². The van der Waals surface area contributed by atoms with Crippen LogP contribution in [0.1, 0.15) is 10.7 Å². The maximum atomic E-state index is 12.5. The van der Waals surface area contributed by atoms with Gasteiger partial charge in [-0.25, -0.2) is 4.98 Å². The number of anilines is 1. The molecule has 0 spiro atoms. The number of nitrogens with zero attached hydrogens (tertiary/aromatic N) is 2. The molecule has 0 aliphatic rings. The van der Waals surface area contributed by atoms with E-state index in [2.05, 4.69) is 10.3 Å². The molecule has 0 bridgehead atoms. The Bertz CT molecular complexity index is 664. The number of alkyl halides is 2. The van der Waals surface area contributed by atoms with Crippen molar-refractivity contribution in [1.29, 1.82) is 0 Å². The Morgan fingerprint density at radius 2 is 2.17 bits per heavy atom. The number of nitrogens with one attached hydrogen (secondary N) is 1. The van der Waals surface area contributed by atoms with Crippen molar-refractivity contribution in [2.45, 2.75) is 24.1 Å². The number of halogens is 2. The first kappa shape index (κ1) is 17.8. The summed E-state index contributed by atoms with van der Waals surface area (Å²) in [5.74, 6) is -2.77. The fraction of sp³-hybridized carbons (Fsp3) is 0.333.